The highest BCUT2D eigenvalue weighted by Gasteiger charge is 2.13. The van der Waals surface area contributed by atoms with E-state index in [4.69, 9.17) is 9.47 Å². The molecule has 0 spiro atoms. The molecule has 0 radical (unpaired) electrons. The number of benzene rings is 1. The lowest BCUT2D eigenvalue weighted by molar-refractivity contribution is 0.329. The first kappa shape index (κ1) is 19.0. The van der Waals surface area contributed by atoms with Crippen LogP contribution in [0.1, 0.15) is 56.9 Å². The average Bonchev–Trinajstić information content (AvgIpc) is 3.34. The molecule has 0 N–H and O–H groups in total. The van der Waals surface area contributed by atoms with Crippen molar-refractivity contribution < 1.29 is 13.9 Å². The van der Waals surface area contributed by atoms with Crippen LogP contribution >= 0.6 is 0 Å². The highest BCUT2D eigenvalue weighted by atomic mass is 19.1. The summed E-state index contributed by atoms with van der Waals surface area (Å²) in [5, 5.41) is 0. The molecule has 2 nitrogen and oxygen atoms in total. The maximum atomic E-state index is 14.5. The van der Waals surface area contributed by atoms with Crippen molar-refractivity contribution in [1.29, 1.82) is 0 Å². The Morgan fingerprint density at radius 3 is 1.85 bits per heavy atom. The van der Waals surface area contributed by atoms with Gasteiger partial charge < -0.3 is 9.47 Å². The van der Waals surface area contributed by atoms with Crippen LogP contribution in [0.3, 0.4) is 0 Å². The molecule has 142 valence electrons. The van der Waals surface area contributed by atoms with E-state index in [-0.39, 0.29) is 5.82 Å². The lowest BCUT2D eigenvalue weighted by Crippen LogP contribution is -2.02. The largest absolute Gasteiger partial charge is 0.489 e. The van der Waals surface area contributed by atoms with Crippen molar-refractivity contribution in [1.82, 2.24) is 0 Å². The topological polar surface area (TPSA) is 18.5 Å². The molecule has 3 rings (SSSR count). The molecule has 0 bridgehead atoms. The predicted octanol–water partition coefficient (Wildman–Crippen LogP) is 6.38. The summed E-state index contributed by atoms with van der Waals surface area (Å²) >= 11 is 0. The van der Waals surface area contributed by atoms with E-state index in [9.17, 15) is 4.39 Å². The molecular formula is C23H31FO2. The Morgan fingerprint density at radius 2 is 1.31 bits per heavy atom. The van der Waals surface area contributed by atoms with Crippen molar-refractivity contribution in [3.8, 4) is 11.5 Å². The van der Waals surface area contributed by atoms with Crippen LogP contribution < -0.4 is 9.47 Å². The van der Waals surface area contributed by atoms with Gasteiger partial charge in [-0.15, -0.1) is 0 Å². The van der Waals surface area contributed by atoms with E-state index in [1.54, 1.807) is 19.1 Å². The fourth-order valence-electron chi connectivity index (χ4n) is 3.98. The zero-order chi connectivity index (χ0) is 18.2. The van der Waals surface area contributed by atoms with Gasteiger partial charge in [-0.25, -0.2) is 4.39 Å². The van der Waals surface area contributed by atoms with E-state index >= 15 is 0 Å². The zero-order valence-electron chi connectivity index (χ0n) is 15.9. The second-order valence-corrected chi connectivity index (χ2v) is 7.57. The van der Waals surface area contributed by atoms with Gasteiger partial charge in [0.15, 0.2) is 11.6 Å². The molecule has 1 aromatic carbocycles. The maximum Gasteiger partial charge on any atom is 0.171 e. The van der Waals surface area contributed by atoms with Crippen LogP contribution in [0, 0.1) is 24.6 Å². The Bertz CT molecular complexity index is 568. The van der Waals surface area contributed by atoms with Gasteiger partial charge in [0.1, 0.15) is 19.0 Å². The number of hydrogen-bond donors (Lipinski definition) is 0. The van der Waals surface area contributed by atoms with E-state index in [0.717, 1.165) is 0 Å². The summed E-state index contributed by atoms with van der Waals surface area (Å²) in [5.41, 5.74) is 0.511. The fraction of sp³-hybridized carbons (Fsp3) is 0.565. The number of ether oxygens (including phenoxy) is 2. The highest BCUT2D eigenvalue weighted by Crippen LogP contribution is 2.29. The number of halogens is 1. The van der Waals surface area contributed by atoms with Crippen LogP contribution in [-0.4, -0.2) is 13.2 Å². The van der Waals surface area contributed by atoms with E-state index in [1.807, 2.05) is 6.08 Å². The van der Waals surface area contributed by atoms with Crippen LogP contribution in [0.5, 0.6) is 11.5 Å². The van der Waals surface area contributed by atoms with Crippen LogP contribution in [0.2, 0.25) is 0 Å². The third-order valence-corrected chi connectivity index (χ3v) is 5.59. The summed E-state index contributed by atoms with van der Waals surface area (Å²) in [6.07, 6.45) is 18.9. The summed E-state index contributed by atoms with van der Waals surface area (Å²) < 4.78 is 25.8. The first-order valence-electron chi connectivity index (χ1n) is 10.1. The number of hydrogen-bond acceptors (Lipinski definition) is 2. The van der Waals surface area contributed by atoms with Crippen LogP contribution in [0.25, 0.3) is 0 Å². The van der Waals surface area contributed by atoms with Crippen LogP contribution in [0.15, 0.2) is 36.4 Å². The molecule has 0 heterocycles. The lowest BCUT2D eigenvalue weighted by atomic mass is 10.1. The Morgan fingerprint density at radius 1 is 0.846 bits per heavy atom. The van der Waals surface area contributed by atoms with Gasteiger partial charge in [-0.1, -0.05) is 50.0 Å². The molecule has 0 atom stereocenters. The SMILES string of the molecule is Cc1c(OC/C=C/C2CCCC2)ccc(OC/C=C/C2CCCC2)c1F. The summed E-state index contributed by atoms with van der Waals surface area (Å²) in [4.78, 5) is 0. The predicted molar refractivity (Wildman–Crippen MR) is 104 cm³/mol. The summed E-state index contributed by atoms with van der Waals surface area (Å²) in [5.74, 6) is 1.94. The Kier molecular flexibility index (Phi) is 7.16. The molecule has 0 aliphatic heterocycles. The van der Waals surface area contributed by atoms with Gasteiger partial charge in [-0.05, 0) is 56.6 Å². The van der Waals surface area contributed by atoms with E-state index in [2.05, 4.69) is 18.2 Å². The van der Waals surface area contributed by atoms with E-state index < -0.39 is 0 Å². The first-order valence-corrected chi connectivity index (χ1v) is 10.1. The molecular weight excluding hydrogens is 327 g/mol. The minimum atomic E-state index is -0.323. The summed E-state index contributed by atoms with van der Waals surface area (Å²) in [7, 11) is 0. The molecule has 0 aromatic heterocycles. The molecule has 0 amide bonds. The molecule has 2 saturated carbocycles. The van der Waals surface area contributed by atoms with Gasteiger partial charge in [0.2, 0.25) is 0 Å². The first-order chi connectivity index (χ1) is 12.7. The van der Waals surface area contributed by atoms with Crippen molar-refractivity contribution in [3.63, 3.8) is 0 Å². The smallest absolute Gasteiger partial charge is 0.171 e. The standard InChI is InChI=1S/C23H31FO2/c1-18-21(25-16-6-12-19-8-2-3-9-19)14-15-22(23(18)24)26-17-7-13-20-10-4-5-11-20/h6-7,12-15,19-20H,2-5,8-11,16-17H2,1H3/b12-6+,13-7+. The lowest BCUT2D eigenvalue weighted by Gasteiger charge is -2.12. The molecule has 3 heteroatoms. The van der Waals surface area contributed by atoms with Gasteiger partial charge in [-0.2, -0.15) is 0 Å². The van der Waals surface area contributed by atoms with Gasteiger partial charge in [0.25, 0.3) is 0 Å². The summed E-state index contributed by atoms with van der Waals surface area (Å²) in [6.45, 7) is 2.64. The van der Waals surface area contributed by atoms with Crippen molar-refractivity contribution in [3.05, 3.63) is 47.8 Å². The zero-order valence-corrected chi connectivity index (χ0v) is 15.9. The van der Waals surface area contributed by atoms with Crippen LogP contribution in [0.4, 0.5) is 4.39 Å². The van der Waals surface area contributed by atoms with Crippen molar-refractivity contribution >= 4 is 0 Å². The number of allylic oxidation sites excluding steroid dienone is 2. The Hall–Kier alpha value is -1.77. The highest BCUT2D eigenvalue weighted by molar-refractivity contribution is 5.41. The number of rotatable bonds is 8. The van der Waals surface area contributed by atoms with Crippen LogP contribution in [-0.2, 0) is 0 Å². The summed E-state index contributed by atoms with van der Waals surface area (Å²) in [6, 6.07) is 3.47. The Balaban J connectivity index is 1.47. The molecule has 0 saturated heterocycles. The van der Waals surface area contributed by atoms with E-state index in [0.29, 0.717) is 42.1 Å². The maximum absolute atomic E-state index is 14.5. The minimum absolute atomic E-state index is 0.299. The molecule has 1 aromatic rings. The molecule has 26 heavy (non-hydrogen) atoms. The van der Waals surface area contributed by atoms with Gasteiger partial charge in [-0.3, -0.25) is 0 Å². The third kappa shape index (κ3) is 5.36. The molecule has 0 unspecified atom stereocenters. The average molecular weight is 358 g/mol. The minimum Gasteiger partial charge on any atom is -0.489 e. The van der Waals surface area contributed by atoms with Gasteiger partial charge >= 0.3 is 0 Å². The van der Waals surface area contributed by atoms with Crippen molar-refractivity contribution in [2.45, 2.75) is 58.3 Å². The molecule has 2 aliphatic carbocycles. The second-order valence-electron chi connectivity index (χ2n) is 7.57. The normalized spacial score (nSPS) is 19.2. The second kappa shape index (κ2) is 9.80. The quantitative estimate of drug-likeness (QED) is 0.502. The van der Waals surface area contributed by atoms with Crippen molar-refractivity contribution in [2.24, 2.45) is 11.8 Å². The molecule has 2 fully saturated rings. The molecule has 2 aliphatic rings. The third-order valence-electron chi connectivity index (χ3n) is 5.59. The fourth-order valence-corrected chi connectivity index (χ4v) is 3.98. The monoisotopic (exact) mass is 358 g/mol. The Labute approximate surface area is 157 Å². The van der Waals surface area contributed by atoms with Gasteiger partial charge in [0.05, 0.1) is 0 Å². The van der Waals surface area contributed by atoms with Crippen molar-refractivity contribution in [2.75, 3.05) is 13.2 Å². The van der Waals surface area contributed by atoms with Gasteiger partial charge in [0, 0.05) is 5.56 Å². The van der Waals surface area contributed by atoms with E-state index in [1.165, 1.54) is 51.4 Å².